The number of pyridine rings is 1. The summed E-state index contributed by atoms with van der Waals surface area (Å²) in [6, 6.07) is 11.2. The maximum absolute atomic E-state index is 5.80. The molecule has 0 amide bonds. The van der Waals surface area contributed by atoms with Crippen molar-refractivity contribution in [3.05, 3.63) is 48.4 Å². The number of aromatic nitrogens is 3. The Morgan fingerprint density at radius 2 is 2.00 bits per heavy atom. The van der Waals surface area contributed by atoms with Gasteiger partial charge in [0.1, 0.15) is 23.7 Å². The summed E-state index contributed by atoms with van der Waals surface area (Å²) in [5, 5.41) is 0. The number of nitrogens with zero attached hydrogens (tertiary/aromatic N) is 3. The summed E-state index contributed by atoms with van der Waals surface area (Å²) in [5.74, 6) is 1.68. The quantitative estimate of drug-likeness (QED) is 0.730. The van der Waals surface area contributed by atoms with Gasteiger partial charge in [0.2, 0.25) is 0 Å². The zero-order valence-electron chi connectivity index (χ0n) is 12.0. The molecule has 1 aromatic carbocycles. The Morgan fingerprint density at radius 1 is 1.19 bits per heavy atom. The van der Waals surface area contributed by atoms with E-state index in [2.05, 4.69) is 21.5 Å². The highest BCUT2D eigenvalue weighted by atomic mass is 16.5. The average molecular weight is 282 g/mol. The van der Waals surface area contributed by atoms with Crippen LogP contribution in [0.5, 0.6) is 5.75 Å². The van der Waals surface area contributed by atoms with E-state index >= 15 is 0 Å². The predicted octanol–water partition coefficient (Wildman–Crippen LogP) is 3.00. The average Bonchev–Trinajstić information content (AvgIpc) is 2.85. The van der Waals surface area contributed by atoms with Gasteiger partial charge < -0.3 is 15.0 Å². The summed E-state index contributed by atoms with van der Waals surface area (Å²) in [5.41, 5.74) is 8.21. The molecule has 0 atom stereocenters. The monoisotopic (exact) mass is 282 g/mol. The van der Waals surface area contributed by atoms with Crippen LogP contribution in [0.4, 0.5) is 5.69 Å². The van der Waals surface area contributed by atoms with Crippen LogP contribution >= 0.6 is 0 Å². The molecular weight excluding hydrogens is 264 g/mol. The lowest BCUT2D eigenvalue weighted by atomic mass is 10.3. The Morgan fingerprint density at radius 3 is 2.76 bits per heavy atom. The van der Waals surface area contributed by atoms with Gasteiger partial charge in [0, 0.05) is 18.4 Å². The van der Waals surface area contributed by atoms with Gasteiger partial charge in [0.15, 0.2) is 5.65 Å². The van der Waals surface area contributed by atoms with Crippen LogP contribution in [-0.2, 0) is 13.2 Å². The molecule has 0 aliphatic carbocycles. The van der Waals surface area contributed by atoms with E-state index in [9.17, 15) is 0 Å². The summed E-state index contributed by atoms with van der Waals surface area (Å²) in [6.45, 7) is 3.44. The molecule has 0 unspecified atom stereocenters. The molecule has 2 aromatic heterocycles. The van der Waals surface area contributed by atoms with Crippen LogP contribution < -0.4 is 10.5 Å². The number of anilines is 1. The van der Waals surface area contributed by atoms with Crippen molar-refractivity contribution in [2.75, 3.05) is 5.73 Å². The van der Waals surface area contributed by atoms with Crippen LogP contribution in [0.25, 0.3) is 11.2 Å². The molecule has 5 heteroatoms. The summed E-state index contributed by atoms with van der Waals surface area (Å²) in [7, 11) is 0. The van der Waals surface area contributed by atoms with Crippen LogP contribution in [0.1, 0.15) is 19.2 Å². The molecule has 0 saturated heterocycles. The first-order valence-corrected chi connectivity index (χ1v) is 7.06. The maximum atomic E-state index is 5.80. The molecule has 21 heavy (non-hydrogen) atoms. The number of nitrogen functional groups attached to an aromatic ring is 1. The Hall–Kier alpha value is -2.56. The number of nitrogens with two attached hydrogens (primary N) is 1. The zero-order chi connectivity index (χ0) is 14.7. The largest absolute Gasteiger partial charge is 0.486 e. The first-order chi connectivity index (χ1) is 10.3. The van der Waals surface area contributed by atoms with E-state index in [1.165, 1.54) is 0 Å². The van der Waals surface area contributed by atoms with Crippen molar-refractivity contribution in [2.24, 2.45) is 0 Å². The Labute approximate surface area is 123 Å². The topological polar surface area (TPSA) is 66.0 Å². The SMILES string of the molecule is CCCn1c(COc2ccc(N)cc2)nc2cccnc21. The third kappa shape index (κ3) is 2.81. The second-order valence-corrected chi connectivity index (χ2v) is 4.88. The number of imidazole rings is 1. The number of hydrogen-bond donors (Lipinski definition) is 1. The number of benzene rings is 1. The molecule has 0 fully saturated rings. The van der Waals surface area contributed by atoms with Gasteiger partial charge in [0.05, 0.1) is 0 Å². The van der Waals surface area contributed by atoms with Crippen LogP contribution in [0, 0.1) is 0 Å². The summed E-state index contributed by atoms with van der Waals surface area (Å²) in [6.07, 6.45) is 2.82. The van der Waals surface area contributed by atoms with Gasteiger partial charge in [0.25, 0.3) is 0 Å². The standard InChI is InChI=1S/C16H18N4O/c1-2-10-20-15(19-14-4-3-9-18-16(14)20)11-21-13-7-5-12(17)6-8-13/h3-9H,2,10-11,17H2,1H3. The fourth-order valence-corrected chi connectivity index (χ4v) is 2.29. The first-order valence-electron chi connectivity index (χ1n) is 7.06. The van der Waals surface area contributed by atoms with Gasteiger partial charge in [-0.15, -0.1) is 0 Å². The van der Waals surface area contributed by atoms with Crippen molar-refractivity contribution in [1.29, 1.82) is 0 Å². The van der Waals surface area contributed by atoms with E-state index in [0.717, 1.165) is 41.4 Å². The van der Waals surface area contributed by atoms with Crippen molar-refractivity contribution in [2.45, 2.75) is 26.5 Å². The molecule has 0 radical (unpaired) electrons. The van der Waals surface area contributed by atoms with Gasteiger partial charge >= 0.3 is 0 Å². The molecule has 2 N–H and O–H groups in total. The number of fused-ring (bicyclic) bond motifs is 1. The van der Waals surface area contributed by atoms with E-state index in [1.54, 1.807) is 6.20 Å². The second-order valence-electron chi connectivity index (χ2n) is 4.88. The van der Waals surface area contributed by atoms with Crippen molar-refractivity contribution in [1.82, 2.24) is 14.5 Å². The molecule has 0 spiro atoms. The predicted molar refractivity (Wildman–Crippen MR) is 83.0 cm³/mol. The Balaban J connectivity index is 1.85. The summed E-state index contributed by atoms with van der Waals surface area (Å²) >= 11 is 0. The van der Waals surface area contributed by atoms with Crippen LogP contribution in [0.15, 0.2) is 42.6 Å². The highest BCUT2D eigenvalue weighted by Gasteiger charge is 2.11. The van der Waals surface area contributed by atoms with Gasteiger partial charge in [-0.1, -0.05) is 6.92 Å². The highest BCUT2D eigenvalue weighted by molar-refractivity contribution is 5.71. The minimum absolute atomic E-state index is 0.417. The fraction of sp³-hybridized carbons (Fsp3) is 0.250. The number of hydrogen-bond acceptors (Lipinski definition) is 4. The highest BCUT2D eigenvalue weighted by Crippen LogP contribution is 2.18. The van der Waals surface area contributed by atoms with Crippen molar-refractivity contribution in [3.63, 3.8) is 0 Å². The molecule has 3 aromatic rings. The number of rotatable bonds is 5. The van der Waals surface area contributed by atoms with E-state index in [1.807, 2.05) is 36.4 Å². The van der Waals surface area contributed by atoms with Crippen LogP contribution in [0.3, 0.4) is 0 Å². The minimum atomic E-state index is 0.417. The summed E-state index contributed by atoms with van der Waals surface area (Å²) < 4.78 is 7.91. The third-order valence-electron chi connectivity index (χ3n) is 3.28. The maximum Gasteiger partial charge on any atom is 0.160 e. The van der Waals surface area contributed by atoms with E-state index in [-0.39, 0.29) is 0 Å². The minimum Gasteiger partial charge on any atom is -0.486 e. The van der Waals surface area contributed by atoms with E-state index in [0.29, 0.717) is 6.61 Å². The van der Waals surface area contributed by atoms with Crippen molar-refractivity contribution >= 4 is 16.9 Å². The summed E-state index contributed by atoms with van der Waals surface area (Å²) in [4.78, 5) is 9.03. The molecule has 0 bridgehead atoms. The lowest BCUT2D eigenvalue weighted by Gasteiger charge is -2.09. The lowest BCUT2D eigenvalue weighted by Crippen LogP contribution is -2.07. The van der Waals surface area contributed by atoms with Gasteiger partial charge in [-0.25, -0.2) is 9.97 Å². The van der Waals surface area contributed by atoms with Crippen molar-refractivity contribution in [3.8, 4) is 5.75 Å². The molecule has 0 aliphatic rings. The number of ether oxygens (including phenoxy) is 1. The van der Waals surface area contributed by atoms with Gasteiger partial charge in [-0.3, -0.25) is 0 Å². The molecule has 2 heterocycles. The fourth-order valence-electron chi connectivity index (χ4n) is 2.29. The first kappa shape index (κ1) is 13.4. The number of aryl methyl sites for hydroxylation is 1. The molecule has 0 saturated carbocycles. The van der Waals surface area contributed by atoms with Crippen molar-refractivity contribution < 1.29 is 4.74 Å². The normalized spacial score (nSPS) is 10.9. The lowest BCUT2D eigenvalue weighted by molar-refractivity contribution is 0.290. The Bertz CT molecular complexity index is 734. The smallest absolute Gasteiger partial charge is 0.160 e. The third-order valence-corrected chi connectivity index (χ3v) is 3.28. The molecule has 0 aliphatic heterocycles. The second kappa shape index (κ2) is 5.83. The van der Waals surface area contributed by atoms with E-state index < -0.39 is 0 Å². The van der Waals surface area contributed by atoms with Crippen LogP contribution in [-0.4, -0.2) is 14.5 Å². The Kier molecular flexibility index (Phi) is 3.73. The molecular formula is C16H18N4O. The van der Waals surface area contributed by atoms with E-state index in [4.69, 9.17) is 10.5 Å². The molecule has 5 nitrogen and oxygen atoms in total. The molecule has 108 valence electrons. The molecule has 3 rings (SSSR count). The van der Waals surface area contributed by atoms with Gasteiger partial charge in [-0.2, -0.15) is 0 Å². The zero-order valence-corrected chi connectivity index (χ0v) is 12.0. The van der Waals surface area contributed by atoms with Crippen LogP contribution in [0.2, 0.25) is 0 Å². The van der Waals surface area contributed by atoms with Gasteiger partial charge in [-0.05, 0) is 42.8 Å².